The highest BCUT2D eigenvalue weighted by atomic mass is 16.5. The summed E-state index contributed by atoms with van der Waals surface area (Å²) < 4.78 is 10.3. The summed E-state index contributed by atoms with van der Waals surface area (Å²) in [5, 5.41) is 0. The average molecular weight is 186 g/mol. The van der Waals surface area contributed by atoms with Gasteiger partial charge in [-0.05, 0) is 12.8 Å². The fourth-order valence-electron chi connectivity index (χ4n) is 1.66. The van der Waals surface area contributed by atoms with Gasteiger partial charge in [0.15, 0.2) is 5.78 Å². The maximum absolute atomic E-state index is 11.8. The van der Waals surface area contributed by atoms with Crippen LogP contribution in [0, 0.1) is 5.92 Å². The minimum absolute atomic E-state index is 0.0801. The van der Waals surface area contributed by atoms with Crippen LogP contribution in [0.5, 0.6) is 0 Å². The Labute approximate surface area is 79.4 Å². The minimum Gasteiger partial charge on any atom is -0.381 e. The Morgan fingerprint density at radius 2 is 2.46 bits per heavy atom. The second-order valence-corrected chi connectivity index (χ2v) is 3.48. The maximum Gasteiger partial charge on any atom is 0.166 e. The molecule has 1 aliphatic heterocycles. The van der Waals surface area contributed by atoms with Gasteiger partial charge in [0, 0.05) is 19.6 Å². The van der Waals surface area contributed by atoms with Gasteiger partial charge in [-0.15, -0.1) is 0 Å². The van der Waals surface area contributed by atoms with Crippen molar-refractivity contribution >= 4 is 5.78 Å². The summed E-state index contributed by atoms with van der Waals surface area (Å²) in [4.78, 5) is 11.8. The highest BCUT2D eigenvalue weighted by Crippen LogP contribution is 2.18. The van der Waals surface area contributed by atoms with Gasteiger partial charge in [0.1, 0.15) is 6.10 Å². The molecule has 0 bridgehead atoms. The highest BCUT2D eigenvalue weighted by Gasteiger charge is 2.29. The highest BCUT2D eigenvalue weighted by molar-refractivity contribution is 5.85. The fraction of sp³-hybridized carbons (Fsp3) is 0.900. The molecule has 3 heteroatoms. The zero-order valence-electron chi connectivity index (χ0n) is 8.41. The van der Waals surface area contributed by atoms with E-state index in [4.69, 9.17) is 9.47 Å². The molecule has 0 spiro atoms. The Kier molecular flexibility index (Phi) is 4.39. The third-order valence-electron chi connectivity index (χ3n) is 2.48. The first-order valence-corrected chi connectivity index (χ1v) is 4.93. The molecular weight excluding hydrogens is 168 g/mol. The van der Waals surface area contributed by atoms with E-state index in [2.05, 4.69) is 6.92 Å². The summed E-state index contributed by atoms with van der Waals surface area (Å²) in [5.74, 6) is 0.304. The first kappa shape index (κ1) is 10.7. The summed E-state index contributed by atoms with van der Waals surface area (Å²) >= 11 is 0. The van der Waals surface area contributed by atoms with E-state index in [0.717, 1.165) is 25.9 Å². The SMILES string of the molecule is CCCC(OC)C(=O)C1CCOC1. The van der Waals surface area contributed by atoms with Crippen LogP contribution in [0.25, 0.3) is 0 Å². The summed E-state index contributed by atoms with van der Waals surface area (Å²) in [6, 6.07) is 0. The van der Waals surface area contributed by atoms with E-state index in [0.29, 0.717) is 6.61 Å². The van der Waals surface area contributed by atoms with E-state index >= 15 is 0 Å². The van der Waals surface area contributed by atoms with Crippen molar-refractivity contribution in [3.05, 3.63) is 0 Å². The molecule has 0 amide bonds. The number of Topliss-reactive ketones (excluding diaryl/α,β-unsaturated/α-hetero) is 1. The molecule has 13 heavy (non-hydrogen) atoms. The zero-order valence-corrected chi connectivity index (χ0v) is 8.41. The van der Waals surface area contributed by atoms with Gasteiger partial charge in [0.2, 0.25) is 0 Å². The van der Waals surface area contributed by atoms with Gasteiger partial charge in [0.25, 0.3) is 0 Å². The predicted octanol–water partition coefficient (Wildman–Crippen LogP) is 1.41. The second-order valence-electron chi connectivity index (χ2n) is 3.48. The first-order chi connectivity index (χ1) is 6.29. The summed E-state index contributed by atoms with van der Waals surface area (Å²) in [7, 11) is 1.61. The van der Waals surface area contributed by atoms with Gasteiger partial charge < -0.3 is 9.47 Å². The van der Waals surface area contributed by atoms with Gasteiger partial charge >= 0.3 is 0 Å². The molecule has 1 aliphatic rings. The van der Waals surface area contributed by atoms with E-state index in [9.17, 15) is 4.79 Å². The van der Waals surface area contributed by atoms with Crippen LogP contribution in [0.15, 0.2) is 0 Å². The number of rotatable bonds is 5. The smallest absolute Gasteiger partial charge is 0.166 e. The third kappa shape index (κ3) is 2.78. The van der Waals surface area contributed by atoms with Gasteiger partial charge in [-0.2, -0.15) is 0 Å². The Hall–Kier alpha value is -0.410. The van der Waals surface area contributed by atoms with Crippen molar-refractivity contribution in [2.24, 2.45) is 5.92 Å². The molecule has 1 fully saturated rings. The van der Waals surface area contributed by atoms with Crippen LogP contribution in [0.4, 0.5) is 0 Å². The van der Waals surface area contributed by atoms with Gasteiger partial charge in [-0.1, -0.05) is 13.3 Å². The summed E-state index contributed by atoms with van der Waals surface area (Å²) in [5.41, 5.74) is 0. The molecule has 0 aromatic carbocycles. The molecule has 76 valence electrons. The number of methoxy groups -OCH3 is 1. The van der Waals surface area contributed by atoms with Crippen molar-refractivity contribution in [3.8, 4) is 0 Å². The second kappa shape index (κ2) is 5.35. The Morgan fingerprint density at radius 3 is 2.92 bits per heavy atom. The molecule has 3 nitrogen and oxygen atoms in total. The average Bonchev–Trinajstić information content (AvgIpc) is 2.65. The van der Waals surface area contributed by atoms with Gasteiger partial charge in [-0.3, -0.25) is 4.79 Å². The largest absolute Gasteiger partial charge is 0.381 e. The third-order valence-corrected chi connectivity index (χ3v) is 2.48. The van der Waals surface area contributed by atoms with Crippen molar-refractivity contribution in [1.82, 2.24) is 0 Å². The standard InChI is InChI=1S/C10H18O3/c1-3-4-9(12-2)10(11)8-5-6-13-7-8/h8-9H,3-7H2,1-2H3. The lowest BCUT2D eigenvalue weighted by molar-refractivity contribution is -0.133. The van der Waals surface area contributed by atoms with E-state index < -0.39 is 0 Å². The predicted molar refractivity (Wildman–Crippen MR) is 49.6 cm³/mol. The van der Waals surface area contributed by atoms with Crippen LogP contribution in [0.1, 0.15) is 26.2 Å². The van der Waals surface area contributed by atoms with E-state index in [-0.39, 0.29) is 17.8 Å². The zero-order chi connectivity index (χ0) is 9.68. The monoisotopic (exact) mass is 186 g/mol. The van der Waals surface area contributed by atoms with Crippen molar-refractivity contribution in [2.75, 3.05) is 20.3 Å². The number of hydrogen-bond donors (Lipinski definition) is 0. The van der Waals surface area contributed by atoms with E-state index in [1.807, 2.05) is 0 Å². The lowest BCUT2D eigenvalue weighted by Gasteiger charge is -2.16. The molecule has 1 heterocycles. The van der Waals surface area contributed by atoms with Crippen LogP contribution in [0.2, 0.25) is 0 Å². The Morgan fingerprint density at radius 1 is 1.69 bits per heavy atom. The van der Waals surface area contributed by atoms with Crippen LogP contribution >= 0.6 is 0 Å². The molecule has 0 N–H and O–H groups in total. The number of ketones is 1. The number of ether oxygens (including phenoxy) is 2. The normalized spacial score (nSPS) is 24.6. The number of carbonyl (C=O) groups is 1. The topological polar surface area (TPSA) is 35.5 Å². The first-order valence-electron chi connectivity index (χ1n) is 4.93. The molecule has 0 aliphatic carbocycles. The molecule has 0 radical (unpaired) electrons. The van der Waals surface area contributed by atoms with Gasteiger partial charge in [-0.25, -0.2) is 0 Å². The fourth-order valence-corrected chi connectivity index (χ4v) is 1.66. The Bertz CT molecular complexity index is 162. The van der Waals surface area contributed by atoms with Crippen molar-refractivity contribution in [2.45, 2.75) is 32.3 Å². The van der Waals surface area contributed by atoms with Crippen molar-refractivity contribution in [1.29, 1.82) is 0 Å². The molecule has 0 aromatic heterocycles. The number of carbonyl (C=O) groups excluding carboxylic acids is 1. The lowest BCUT2D eigenvalue weighted by Crippen LogP contribution is -2.30. The minimum atomic E-state index is -0.211. The van der Waals surface area contributed by atoms with Crippen LogP contribution < -0.4 is 0 Å². The molecule has 1 rings (SSSR count). The quantitative estimate of drug-likeness (QED) is 0.651. The lowest BCUT2D eigenvalue weighted by atomic mass is 9.97. The summed E-state index contributed by atoms with van der Waals surface area (Å²) in [6.45, 7) is 3.37. The molecule has 0 saturated carbocycles. The molecular formula is C10H18O3. The molecule has 2 unspecified atom stereocenters. The molecule has 1 saturated heterocycles. The maximum atomic E-state index is 11.8. The van der Waals surface area contributed by atoms with Crippen LogP contribution in [-0.2, 0) is 14.3 Å². The molecule has 2 atom stereocenters. The van der Waals surface area contributed by atoms with E-state index in [1.165, 1.54) is 0 Å². The van der Waals surface area contributed by atoms with Crippen molar-refractivity contribution < 1.29 is 14.3 Å². The molecule has 0 aromatic rings. The van der Waals surface area contributed by atoms with Crippen LogP contribution in [-0.4, -0.2) is 32.2 Å². The summed E-state index contributed by atoms with van der Waals surface area (Å²) in [6.07, 6.45) is 2.46. The van der Waals surface area contributed by atoms with Crippen molar-refractivity contribution in [3.63, 3.8) is 0 Å². The van der Waals surface area contributed by atoms with Gasteiger partial charge in [0.05, 0.1) is 6.61 Å². The number of hydrogen-bond acceptors (Lipinski definition) is 3. The Balaban J connectivity index is 2.42. The van der Waals surface area contributed by atoms with E-state index in [1.54, 1.807) is 7.11 Å². The van der Waals surface area contributed by atoms with Crippen LogP contribution in [0.3, 0.4) is 0 Å².